The van der Waals surface area contributed by atoms with E-state index in [1.54, 1.807) is 0 Å². The number of nitrogens with one attached hydrogen (secondary N) is 1. The first-order valence-electron chi connectivity index (χ1n) is 5.77. The van der Waals surface area contributed by atoms with Crippen molar-refractivity contribution >= 4 is 22.3 Å². The van der Waals surface area contributed by atoms with Gasteiger partial charge in [-0.3, -0.25) is 9.78 Å². The first-order chi connectivity index (χ1) is 8.66. The molecule has 18 heavy (non-hydrogen) atoms. The van der Waals surface area contributed by atoms with E-state index in [2.05, 4.69) is 23.8 Å². The number of benzene rings is 1. The van der Waals surface area contributed by atoms with Gasteiger partial charge in [-0.2, -0.15) is 0 Å². The number of allylic oxidation sites excluding steroid dienone is 3. The Morgan fingerprint density at radius 1 is 1.28 bits per heavy atom. The largest absolute Gasteiger partial charge is 0.291 e. The topological polar surface area (TPSA) is 20.7 Å². The minimum absolute atomic E-state index is 0.718. The fourth-order valence-corrected chi connectivity index (χ4v) is 2.31. The van der Waals surface area contributed by atoms with Gasteiger partial charge in [-0.05, 0) is 18.6 Å². The van der Waals surface area contributed by atoms with Crippen molar-refractivity contribution in [1.29, 1.82) is 0 Å². The minimum atomic E-state index is 0.718. The van der Waals surface area contributed by atoms with Crippen LogP contribution in [0.1, 0.15) is 18.2 Å². The number of hydrogen-bond acceptors (Lipinski definition) is 0. The van der Waals surface area contributed by atoms with Crippen molar-refractivity contribution in [3.05, 3.63) is 71.6 Å². The van der Waals surface area contributed by atoms with Crippen molar-refractivity contribution in [2.75, 3.05) is 0 Å². The molecule has 2 aliphatic rings. The number of aromatic nitrogens is 2. The summed E-state index contributed by atoms with van der Waals surface area (Å²) in [5.74, 6) is 0. The number of nitrogens with zero attached hydrogens (tertiary/aromatic N) is 1. The zero-order valence-corrected chi connectivity index (χ0v) is 10.8. The predicted molar refractivity (Wildman–Crippen MR) is 76.2 cm³/mol. The smallest absolute Gasteiger partial charge is 0.0915 e. The molecule has 0 saturated heterocycles. The third-order valence-corrected chi connectivity index (χ3v) is 3.34. The first kappa shape index (κ1) is 11.2. The number of rotatable bonds is 2. The quantitative estimate of drug-likeness (QED) is 0.830. The third-order valence-electron chi connectivity index (χ3n) is 3.03. The number of halogens is 1. The molecule has 2 nitrogen and oxygen atoms in total. The molecular weight excluding hydrogens is 244 g/mol. The molecular formula is C15H13ClN2. The molecule has 0 saturated carbocycles. The predicted octanol–water partition coefficient (Wildman–Crippen LogP) is 4.25. The molecule has 2 aliphatic heterocycles. The minimum Gasteiger partial charge on any atom is -0.291 e. The fourth-order valence-electron chi connectivity index (χ4n) is 2.11. The fraction of sp³-hybridized carbons (Fsp3) is 0.0667. The van der Waals surface area contributed by atoms with Crippen molar-refractivity contribution in [3.8, 4) is 0 Å². The van der Waals surface area contributed by atoms with Crippen molar-refractivity contribution in [1.82, 2.24) is 9.78 Å². The second kappa shape index (κ2) is 4.07. The van der Waals surface area contributed by atoms with Gasteiger partial charge >= 0.3 is 0 Å². The summed E-state index contributed by atoms with van der Waals surface area (Å²) in [4.78, 5) is 0. The summed E-state index contributed by atoms with van der Waals surface area (Å²) in [6.07, 6.45) is 3.97. The van der Waals surface area contributed by atoms with Crippen molar-refractivity contribution < 1.29 is 0 Å². The standard InChI is InChI=1S/C15H13ClN2/c1-10(2)12-8-13(16)14-9-18(17-14)15(12)11-6-4-3-5-7-11/h3-9,17H,1H2,2H3. The Kier molecular flexibility index (Phi) is 2.53. The molecule has 2 aromatic rings. The first-order valence-corrected chi connectivity index (χ1v) is 6.15. The monoisotopic (exact) mass is 256 g/mol. The zero-order valence-electron chi connectivity index (χ0n) is 10.1. The third kappa shape index (κ3) is 1.66. The van der Waals surface area contributed by atoms with E-state index in [0.29, 0.717) is 0 Å². The van der Waals surface area contributed by atoms with Gasteiger partial charge in [0.2, 0.25) is 0 Å². The second-order valence-electron chi connectivity index (χ2n) is 4.43. The van der Waals surface area contributed by atoms with Crippen LogP contribution >= 0.6 is 11.6 Å². The van der Waals surface area contributed by atoms with Crippen LogP contribution in [0.2, 0.25) is 0 Å². The van der Waals surface area contributed by atoms with Crippen molar-refractivity contribution in [2.45, 2.75) is 6.92 Å². The molecule has 1 aromatic heterocycles. The van der Waals surface area contributed by atoms with Crippen LogP contribution in [0.15, 0.2) is 60.3 Å². The highest BCUT2D eigenvalue weighted by molar-refractivity contribution is 6.49. The summed E-state index contributed by atoms with van der Waals surface area (Å²) in [5.41, 5.74) is 5.22. The van der Waals surface area contributed by atoms with Crippen LogP contribution in [0.5, 0.6) is 0 Å². The maximum atomic E-state index is 6.23. The van der Waals surface area contributed by atoms with Gasteiger partial charge in [0.05, 0.1) is 22.6 Å². The molecule has 1 aromatic carbocycles. The summed E-state index contributed by atoms with van der Waals surface area (Å²) in [6.45, 7) is 6.04. The van der Waals surface area contributed by atoms with Gasteiger partial charge in [0.25, 0.3) is 0 Å². The normalized spacial score (nSPS) is 14.4. The van der Waals surface area contributed by atoms with Crippen LogP contribution in [0, 0.1) is 0 Å². The Bertz CT molecular complexity index is 656. The second-order valence-corrected chi connectivity index (χ2v) is 4.83. The molecule has 3 heterocycles. The highest BCUT2D eigenvalue weighted by Gasteiger charge is 2.19. The van der Waals surface area contributed by atoms with E-state index in [4.69, 9.17) is 11.6 Å². The Labute approximate surface area is 111 Å². The van der Waals surface area contributed by atoms with Crippen LogP contribution in [0.25, 0.3) is 10.7 Å². The summed E-state index contributed by atoms with van der Waals surface area (Å²) >= 11 is 6.23. The molecule has 0 unspecified atom stereocenters. The molecule has 0 spiro atoms. The van der Waals surface area contributed by atoms with Crippen LogP contribution in [0.4, 0.5) is 0 Å². The van der Waals surface area contributed by atoms with Gasteiger partial charge in [-0.25, -0.2) is 0 Å². The van der Waals surface area contributed by atoms with Crippen LogP contribution in [-0.2, 0) is 0 Å². The summed E-state index contributed by atoms with van der Waals surface area (Å²) in [5, 5.41) is 3.94. The average Bonchev–Trinajstić information content (AvgIpc) is 2.54. The van der Waals surface area contributed by atoms with E-state index in [0.717, 1.165) is 33.1 Å². The maximum Gasteiger partial charge on any atom is 0.0915 e. The Morgan fingerprint density at radius 2 is 1.94 bits per heavy atom. The van der Waals surface area contributed by atoms with E-state index in [1.807, 2.05) is 42.1 Å². The lowest BCUT2D eigenvalue weighted by molar-refractivity contribution is 0.794. The van der Waals surface area contributed by atoms with Crippen molar-refractivity contribution in [2.24, 2.45) is 0 Å². The van der Waals surface area contributed by atoms with Gasteiger partial charge in [0.15, 0.2) is 0 Å². The van der Waals surface area contributed by atoms with E-state index in [1.165, 1.54) is 0 Å². The van der Waals surface area contributed by atoms with Crippen molar-refractivity contribution in [3.63, 3.8) is 0 Å². The van der Waals surface area contributed by atoms with E-state index >= 15 is 0 Å². The Morgan fingerprint density at radius 3 is 2.56 bits per heavy atom. The molecule has 0 radical (unpaired) electrons. The SMILES string of the molecule is C=C(C)C1=C(c2ccccc2)n2cc([nH]2)C(Cl)=C1. The maximum absolute atomic E-state index is 6.23. The van der Waals surface area contributed by atoms with Crippen LogP contribution in [0.3, 0.4) is 0 Å². The Hall–Kier alpha value is -1.93. The molecule has 0 fully saturated rings. The number of aromatic amines is 1. The number of fused-ring (bicyclic) bond motifs is 1. The molecule has 0 aliphatic carbocycles. The highest BCUT2D eigenvalue weighted by Crippen LogP contribution is 2.34. The van der Waals surface area contributed by atoms with Crippen LogP contribution < -0.4 is 0 Å². The van der Waals surface area contributed by atoms with Gasteiger partial charge < -0.3 is 0 Å². The van der Waals surface area contributed by atoms with Crippen LogP contribution in [-0.4, -0.2) is 9.78 Å². The molecule has 2 bridgehead atoms. The highest BCUT2D eigenvalue weighted by atomic mass is 35.5. The molecule has 1 N–H and O–H groups in total. The lowest BCUT2D eigenvalue weighted by atomic mass is 10.0. The molecule has 4 rings (SSSR count). The zero-order chi connectivity index (χ0) is 12.7. The number of H-pyrrole nitrogens is 1. The molecule has 90 valence electrons. The van der Waals surface area contributed by atoms with Gasteiger partial charge in [-0.1, -0.05) is 48.5 Å². The average molecular weight is 257 g/mol. The number of hydrogen-bond donors (Lipinski definition) is 1. The molecule has 3 heteroatoms. The van der Waals surface area contributed by atoms with Gasteiger partial charge in [0, 0.05) is 11.1 Å². The van der Waals surface area contributed by atoms with E-state index in [-0.39, 0.29) is 0 Å². The summed E-state index contributed by atoms with van der Waals surface area (Å²) < 4.78 is 1.99. The van der Waals surface area contributed by atoms with Gasteiger partial charge in [-0.15, -0.1) is 0 Å². The summed E-state index contributed by atoms with van der Waals surface area (Å²) in [6, 6.07) is 10.2. The van der Waals surface area contributed by atoms with E-state index in [9.17, 15) is 0 Å². The lowest BCUT2D eigenvalue weighted by Crippen LogP contribution is -2.11. The summed E-state index contributed by atoms with van der Waals surface area (Å²) in [7, 11) is 0. The van der Waals surface area contributed by atoms with E-state index < -0.39 is 0 Å². The van der Waals surface area contributed by atoms with Gasteiger partial charge in [0.1, 0.15) is 0 Å². The lowest BCUT2D eigenvalue weighted by Gasteiger charge is -2.18. The Balaban J connectivity index is 2.27. The molecule has 0 amide bonds. The molecule has 0 atom stereocenters.